The zero-order valence-electron chi connectivity index (χ0n) is 12.3. The van der Waals surface area contributed by atoms with E-state index in [0.717, 1.165) is 28.0 Å². The van der Waals surface area contributed by atoms with Crippen LogP contribution in [-0.2, 0) is 9.59 Å². The van der Waals surface area contributed by atoms with Gasteiger partial charge >= 0.3 is 5.97 Å². The van der Waals surface area contributed by atoms with Gasteiger partial charge in [-0.25, -0.2) is 4.79 Å². The van der Waals surface area contributed by atoms with Crippen molar-refractivity contribution in [2.24, 2.45) is 0 Å². The van der Waals surface area contributed by atoms with Gasteiger partial charge in [0.2, 0.25) is 0 Å². The molecule has 1 aliphatic rings. The Morgan fingerprint density at radius 3 is 2.61 bits per heavy atom. The van der Waals surface area contributed by atoms with Gasteiger partial charge in [-0.05, 0) is 30.7 Å². The number of carbonyl (C=O) groups excluding carboxylic acids is 1. The van der Waals surface area contributed by atoms with E-state index in [1.807, 2.05) is 6.92 Å². The molecule has 0 aliphatic carbocycles. The highest BCUT2D eigenvalue weighted by Crippen LogP contribution is 2.34. The van der Waals surface area contributed by atoms with E-state index in [1.165, 1.54) is 0 Å². The number of carbonyl (C=O) groups is 2. The highest BCUT2D eigenvalue weighted by molar-refractivity contribution is 8.26. The van der Waals surface area contributed by atoms with E-state index in [4.69, 9.17) is 22.1 Å². The Morgan fingerprint density at radius 2 is 2.09 bits per heavy atom. The first-order valence-electron chi connectivity index (χ1n) is 6.81. The van der Waals surface area contributed by atoms with Gasteiger partial charge in [0.1, 0.15) is 10.1 Å². The van der Waals surface area contributed by atoms with Crippen LogP contribution >= 0.6 is 24.0 Å². The maximum atomic E-state index is 12.3. The quantitative estimate of drug-likeness (QED) is 0.595. The lowest BCUT2D eigenvalue weighted by Crippen LogP contribution is -2.46. The van der Waals surface area contributed by atoms with Crippen LogP contribution in [0.5, 0.6) is 5.75 Å². The Kier molecular flexibility index (Phi) is 5.75. The summed E-state index contributed by atoms with van der Waals surface area (Å²) in [5.41, 5.74) is 0.768. The van der Waals surface area contributed by atoms with E-state index in [-0.39, 0.29) is 4.32 Å². The number of carboxylic acid groups (broad SMARTS) is 1. The van der Waals surface area contributed by atoms with Crippen molar-refractivity contribution in [3.8, 4) is 5.75 Å². The third kappa shape index (κ3) is 3.90. The van der Waals surface area contributed by atoms with Crippen molar-refractivity contribution >= 4 is 46.3 Å². The fraction of sp³-hybridized carbons (Fsp3) is 0.267. The lowest BCUT2D eigenvalue weighted by molar-refractivity contribution is -0.146. The van der Waals surface area contributed by atoms with Gasteiger partial charge in [0, 0.05) is 0 Å². The predicted octanol–water partition coefficient (Wildman–Crippen LogP) is 1.73. The number of aliphatic hydroxyl groups is 1. The number of aliphatic hydroxyl groups excluding tert-OH is 1. The number of hydrogen-bond donors (Lipinski definition) is 2. The third-order valence-corrected chi connectivity index (χ3v) is 4.41. The molecular formula is C15H15NO5S2. The molecule has 1 aliphatic heterocycles. The minimum absolute atomic E-state index is 0.119. The van der Waals surface area contributed by atoms with Crippen LogP contribution in [0.4, 0.5) is 0 Å². The normalized spacial score (nSPS) is 17.7. The molecule has 1 heterocycles. The number of ether oxygens (including phenoxy) is 1. The summed E-state index contributed by atoms with van der Waals surface area (Å²) in [5, 5.41) is 18.2. The van der Waals surface area contributed by atoms with Crippen molar-refractivity contribution in [3.63, 3.8) is 0 Å². The molecule has 1 atom stereocenters. The molecule has 1 aromatic carbocycles. The smallest absolute Gasteiger partial charge is 0.329 e. The molecule has 1 amide bonds. The van der Waals surface area contributed by atoms with Gasteiger partial charge in [0.05, 0.1) is 18.1 Å². The Hall–Kier alpha value is -1.90. The van der Waals surface area contributed by atoms with Crippen molar-refractivity contribution in [3.05, 3.63) is 34.7 Å². The van der Waals surface area contributed by atoms with Crippen LogP contribution in [0.3, 0.4) is 0 Å². The second kappa shape index (κ2) is 7.58. The molecule has 8 heteroatoms. The number of amides is 1. The van der Waals surface area contributed by atoms with Crippen molar-refractivity contribution in [1.82, 2.24) is 4.90 Å². The van der Waals surface area contributed by atoms with Gasteiger partial charge in [0.15, 0.2) is 6.04 Å². The molecular weight excluding hydrogens is 338 g/mol. The van der Waals surface area contributed by atoms with Gasteiger partial charge < -0.3 is 14.9 Å². The van der Waals surface area contributed by atoms with E-state index in [0.29, 0.717) is 11.5 Å². The summed E-state index contributed by atoms with van der Waals surface area (Å²) < 4.78 is 5.46. The van der Waals surface area contributed by atoms with E-state index in [2.05, 4.69) is 0 Å². The number of nitrogens with zero attached hydrogens (tertiary/aromatic N) is 1. The fourth-order valence-corrected chi connectivity index (χ4v) is 3.35. The van der Waals surface area contributed by atoms with Crippen LogP contribution in [0.15, 0.2) is 29.2 Å². The van der Waals surface area contributed by atoms with Crippen LogP contribution in [-0.4, -0.2) is 50.6 Å². The number of thiocarbonyl (C=S) groups is 1. The summed E-state index contributed by atoms with van der Waals surface area (Å²) in [6.07, 6.45) is 1.63. The van der Waals surface area contributed by atoms with Crippen LogP contribution in [0.25, 0.3) is 6.08 Å². The summed E-state index contributed by atoms with van der Waals surface area (Å²) >= 11 is 6.08. The lowest BCUT2D eigenvalue weighted by Gasteiger charge is -2.20. The molecule has 1 aromatic rings. The van der Waals surface area contributed by atoms with E-state index >= 15 is 0 Å². The predicted molar refractivity (Wildman–Crippen MR) is 91.1 cm³/mol. The number of carboxylic acids is 1. The molecule has 0 saturated carbocycles. The number of benzene rings is 1. The summed E-state index contributed by atoms with van der Waals surface area (Å²) in [6.45, 7) is 1.76. The topological polar surface area (TPSA) is 87.1 Å². The van der Waals surface area contributed by atoms with Crippen LogP contribution in [0, 0.1) is 0 Å². The summed E-state index contributed by atoms with van der Waals surface area (Å²) in [4.78, 5) is 24.7. The molecule has 2 rings (SSSR count). The Morgan fingerprint density at radius 1 is 1.43 bits per heavy atom. The van der Waals surface area contributed by atoms with Crippen molar-refractivity contribution in [1.29, 1.82) is 0 Å². The van der Waals surface area contributed by atoms with E-state index in [9.17, 15) is 14.7 Å². The Bertz CT molecular complexity index is 656. The highest BCUT2D eigenvalue weighted by Gasteiger charge is 2.40. The van der Waals surface area contributed by atoms with Gasteiger partial charge in [0.25, 0.3) is 5.91 Å². The molecule has 122 valence electrons. The second-order valence-electron chi connectivity index (χ2n) is 4.59. The molecule has 6 nitrogen and oxygen atoms in total. The average molecular weight is 353 g/mol. The number of hydrogen-bond acceptors (Lipinski definition) is 6. The van der Waals surface area contributed by atoms with Crippen LogP contribution in [0.1, 0.15) is 12.5 Å². The molecule has 0 unspecified atom stereocenters. The van der Waals surface area contributed by atoms with Gasteiger partial charge in [-0.2, -0.15) is 0 Å². The van der Waals surface area contributed by atoms with E-state index < -0.39 is 24.5 Å². The second-order valence-corrected chi connectivity index (χ2v) is 6.27. The van der Waals surface area contributed by atoms with Gasteiger partial charge in [-0.3, -0.25) is 9.69 Å². The standard InChI is InChI=1S/C15H15NO5S2/c1-2-21-10-5-3-9(4-6-10)7-12-13(18)16(15(22)23-12)11(8-17)14(19)20/h3-7,11,17H,2,8H2,1H3,(H,19,20)/b12-7-/t11-/m1/s1. The summed E-state index contributed by atoms with van der Waals surface area (Å²) in [7, 11) is 0. The third-order valence-electron chi connectivity index (χ3n) is 3.08. The average Bonchev–Trinajstić information content (AvgIpc) is 2.78. The first kappa shape index (κ1) is 17.5. The first-order valence-corrected chi connectivity index (χ1v) is 8.04. The molecule has 0 bridgehead atoms. The largest absolute Gasteiger partial charge is 0.494 e. The fourth-order valence-electron chi connectivity index (χ4n) is 2.00. The minimum atomic E-state index is -1.37. The Labute approximate surface area is 142 Å². The highest BCUT2D eigenvalue weighted by atomic mass is 32.2. The molecule has 2 N–H and O–H groups in total. The molecule has 0 aromatic heterocycles. The van der Waals surface area contributed by atoms with Crippen molar-refractivity contribution < 1.29 is 24.5 Å². The number of rotatable bonds is 6. The molecule has 1 saturated heterocycles. The van der Waals surface area contributed by atoms with E-state index in [1.54, 1.807) is 30.3 Å². The SMILES string of the molecule is CCOc1ccc(/C=C2\SC(=S)N([C@H](CO)C(=O)O)C2=O)cc1. The lowest BCUT2D eigenvalue weighted by atomic mass is 10.2. The first-order chi connectivity index (χ1) is 11.0. The number of aliphatic carboxylic acids is 1. The molecule has 0 spiro atoms. The van der Waals surface area contributed by atoms with Crippen molar-refractivity contribution in [2.45, 2.75) is 13.0 Å². The molecule has 0 radical (unpaired) electrons. The zero-order valence-corrected chi connectivity index (χ0v) is 13.9. The maximum Gasteiger partial charge on any atom is 0.329 e. The van der Waals surface area contributed by atoms with Crippen LogP contribution in [0.2, 0.25) is 0 Å². The summed E-state index contributed by atoms with van der Waals surface area (Å²) in [5.74, 6) is -1.09. The maximum absolute atomic E-state index is 12.3. The molecule has 1 fully saturated rings. The van der Waals surface area contributed by atoms with Gasteiger partial charge in [-0.15, -0.1) is 0 Å². The van der Waals surface area contributed by atoms with Crippen molar-refractivity contribution in [2.75, 3.05) is 13.2 Å². The molecule has 23 heavy (non-hydrogen) atoms. The Balaban J connectivity index is 2.22. The summed E-state index contributed by atoms with van der Waals surface area (Å²) in [6, 6.07) is 5.78. The minimum Gasteiger partial charge on any atom is -0.494 e. The monoisotopic (exact) mass is 353 g/mol. The van der Waals surface area contributed by atoms with Crippen LogP contribution < -0.4 is 4.74 Å². The zero-order chi connectivity index (χ0) is 17.0. The van der Waals surface area contributed by atoms with Gasteiger partial charge in [-0.1, -0.05) is 36.1 Å². The number of thioether (sulfide) groups is 1.